The normalized spacial score (nSPS) is 10.8. The van der Waals surface area contributed by atoms with Crippen molar-refractivity contribution in [1.82, 2.24) is 10.2 Å². The van der Waals surface area contributed by atoms with Gasteiger partial charge in [0.05, 0.1) is 7.11 Å². The summed E-state index contributed by atoms with van der Waals surface area (Å²) in [4.78, 5) is 11.3. The number of fused-ring (bicyclic) bond motifs is 2. The van der Waals surface area contributed by atoms with Gasteiger partial charge >= 0.3 is 5.97 Å². The molecule has 6 heteroatoms. The van der Waals surface area contributed by atoms with E-state index in [9.17, 15) is 4.79 Å². The Morgan fingerprint density at radius 2 is 1.55 bits per heavy atom. The van der Waals surface area contributed by atoms with Gasteiger partial charge in [-0.15, -0.1) is 10.2 Å². The van der Waals surface area contributed by atoms with Gasteiger partial charge < -0.3 is 14.8 Å². The Morgan fingerprint density at radius 3 is 2.33 bits per heavy atom. The summed E-state index contributed by atoms with van der Waals surface area (Å²) in [6, 6.07) is 29.9. The Kier molecular flexibility index (Phi) is 5.55. The molecule has 4 aromatic carbocycles. The molecule has 0 aliphatic heterocycles. The van der Waals surface area contributed by atoms with Crippen LogP contribution in [0.1, 0.15) is 0 Å². The number of carbonyl (C=O) groups is 1. The molecule has 1 aromatic heterocycles. The highest BCUT2D eigenvalue weighted by atomic mass is 16.6. The monoisotopic (exact) mass is 435 g/mol. The van der Waals surface area contributed by atoms with Crippen LogP contribution in [0.3, 0.4) is 0 Å². The summed E-state index contributed by atoms with van der Waals surface area (Å²) < 4.78 is 10.0. The van der Waals surface area contributed by atoms with Gasteiger partial charge in [-0.3, -0.25) is 0 Å². The molecule has 5 rings (SSSR count). The third-order valence-corrected chi connectivity index (χ3v) is 5.41. The van der Waals surface area contributed by atoms with E-state index in [1.165, 1.54) is 12.5 Å². The summed E-state index contributed by atoms with van der Waals surface area (Å²) in [5.41, 5.74) is 2.63. The van der Waals surface area contributed by atoms with E-state index >= 15 is 0 Å². The Morgan fingerprint density at radius 1 is 0.818 bits per heavy atom. The Hall–Kier alpha value is -4.45. The second-order valence-corrected chi connectivity index (χ2v) is 7.52. The molecule has 0 saturated heterocycles. The van der Waals surface area contributed by atoms with E-state index in [1.54, 1.807) is 12.1 Å². The van der Waals surface area contributed by atoms with Crippen molar-refractivity contribution in [3.8, 4) is 17.0 Å². The molecule has 0 unspecified atom stereocenters. The van der Waals surface area contributed by atoms with E-state index < -0.39 is 5.97 Å². The van der Waals surface area contributed by atoms with Crippen molar-refractivity contribution in [1.29, 1.82) is 0 Å². The van der Waals surface area contributed by atoms with Crippen LogP contribution in [0.2, 0.25) is 0 Å². The molecule has 162 valence electrons. The van der Waals surface area contributed by atoms with E-state index in [-0.39, 0.29) is 6.61 Å². The maximum absolute atomic E-state index is 11.3. The first-order valence-corrected chi connectivity index (χ1v) is 10.5. The highest BCUT2D eigenvalue weighted by Gasteiger charge is 2.12. The number of hydrogen-bond donors (Lipinski definition) is 1. The van der Waals surface area contributed by atoms with Gasteiger partial charge in [0.15, 0.2) is 12.4 Å². The molecule has 0 aliphatic carbocycles. The molecule has 0 saturated carbocycles. The molecule has 0 aliphatic rings. The predicted octanol–water partition coefficient (Wildman–Crippen LogP) is 5.75. The lowest BCUT2D eigenvalue weighted by atomic mass is 10.0. The van der Waals surface area contributed by atoms with Crippen LogP contribution in [0.25, 0.3) is 32.8 Å². The molecule has 0 spiro atoms. The van der Waals surface area contributed by atoms with Gasteiger partial charge in [0.1, 0.15) is 11.4 Å². The maximum Gasteiger partial charge on any atom is 0.343 e. The lowest BCUT2D eigenvalue weighted by Gasteiger charge is -2.12. The van der Waals surface area contributed by atoms with Crippen LogP contribution in [0.15, 0.2) is 91.0 Å². The Labute approximate surface area is 190 Å². The minimum Gasteiger partial charge on any atom is -0.482 e. The molecule has 1 heterocycles. The van der Waals surface area contributed by atoms with Crippen LogP contribution in [-0.4, -0.2) is 29.9 Å². The summed E-state index contributed by atoms with van der Waals surface area (Å²) >= 11 is 0. The molecule has 0 fully saturated rings. The topological polar surface area (TPSA) is 73.3 Å². The second-order valence-electron chi connectivity index (χ2n) is 7.52. The van der Waals surface area contributed by atoms with Crippen LogP contribution in [0.5, 0.6) is 5.75 Å². The van der Waals surface area contributed by atoms with Gasteiger partial charge in [0, 0.05) is 22.0 Å². The van der Waals surface area contributed by atoms with Crippen molar-refractivity contribution in [2.75, 3.05) is 19.0 Å². The first-order chi connectivity index (χ1) is 16.2. The van der Waals surface area contributed by atoms with Gasteiger partial charge in [0.25, 0.3) is 0 Å². The van der Waals surface area contributed by atoms with Gasteiger partial charge in [-0.2, -0.15) is 0 Å². The molecule has 0 bridgehead atoms. The average Bonchev–Trinajstić information content (AvgIpc) is 2.88. The fourth-order valence-electron chi connectivity index (χ4n) is 3.72. The number of hydrogen-bond acceptors (Lipinski definition) is 6. The van der Waals surface area contributed by atoms with Gasteiger partial charge in [-0.05, 0) is 47.2 Å². The quantitative estimate of drug-likeness (QED) is 0.343. The van der Waals surface area contributed by atoms with Crippen LogP contribution in [-0.2, 0) is 9.53 Å². The Bertz CT molecular complexity index is 1450. The number of rotatable bonds is 6. The van der Waals surface area contributed by atoms with Crippen LogP contribution < -0.4 is 10.1 Å². The summed E-state index contributed by atoms with van der Waals surface area (Å²) in [6.07, 6.45) is 0. The molecule has 6 nitrogen and oxygen atoms in total. The number of aromatic nitrogens is 2. The fraction of sp³-hybridized carbons (Fsp3) is 0.0741. The van der Waals surface area contributed by atoms with Crippen molar-refractivity contribution >= 4 is 39.0 Å². The SMILES string of the molecule is COC(=O)COc1ccc(-c2nnc(Nc3ccc4ccccc4c3)c3ccccc23)cc1. The molecule has 5 aromatic rings. The number of methoxy groups -OCH3 is 1. The number of nitrogens with zero attached hydrogens (tertiary/aromatic N) is 2. The standard InChI is InChI=1S/C27H21N3O3/c1-32-25(31)17-33-22-14-11-19(12-15-22)26-23-8-4-5-9-24(23)27(30-29-26)28-21-13-10-18-6-2-3-7-20(18)16-21/h2-16H,17H2,1H3,(H,28,30). The maximum atomic E-state index is 11.3. The fourth-order valence-corrected chi connectivity index (χ4v) is 3.72. The smallest absolute Gasteiger partial charge is 0.343 e. The number of benzene rings is 4. The zero-order valence-electron chi connectivity index (χ0n) is 18.0. The van der Waals surface area contributed by atoms with Crippen molar-refractivity contribution in [3.63, 3.8) is 0 Å². The summed E-state index contributed by atoms with van der Waals surface area (Å²) in [5.74, 6) is 0.851. The summed E-state index contributed by atoms with van der Waals surface area (Å²) in [5, 5.41) is 16.8. The number of carbonyl (C=O) groups excluding carboxylic acids is 1. The second kappa shape index (κ2) is 8.96. The van der Waals surface area contributed by atoms with Gasteiger partial charge in [-0.1, -0.05) is 54.6 Å². The Balaban J connectivity index is 1.46. The van der Waals surface area contributed by atoms with Crippen molar-refractivity contribution in [2.24, 2.45) is 0 Å². The average molecular weight is 435 g/mol. The number of esters is 1. The summed E-state index contributed by atoms with van der Waals surface area (Å²) in [7, 11) is 1.33. The van der Waals surface area contributed by atoms with Crippen LogP contribution >= 0.6 is 0 Å². The lowest BCUT2D eigenvalue weighted by molar-refractivity contribution is -0.142. The zero-order chi connectivity index (χ0) is 22.6. The minimum absolute atomic E-state index is 0.131. The number of nitrogens with one attached hydrogen (secondary N) is 1. The van der Waals surface area contributed by atoms with E-state index in [0.29, 0.717) is 11.6 Å². The van der Waals surface area contributed by atoms with Crippen molar-refractivity contribution in [3.05, 3.63) is 91.0 Å². The highest BCUT2D eigenvalue weighted by Crippen LogP contribution is 2.32. The van der Waals surface area contributed by atoms with E-state index in [1.807, 2.05) is 54.6 Å². The van der Waals surface area contributed by atoms with Crippen LogP contribution in [0.4, 0.5) is 11.5 Å². The highest BCUT2D eigenvalue weighted by molar-refractivity contribution is 6.01. The third-order valence-electron chi connectivity index (χ3n) is 5.41. The first-order valence-electron chi connectivity index (χ1n) is 10.5. The molecule has 0 atom stereocenters. The first kappa shape index (κ1) is 20.5. The van der Waals surface area contributed by atoms with Crippen LogP contribution in [0, 0.1) is 0 Å². The van der Waals surface area contributed by atoms with Gasteiger partial charge in [-0.25, -0.2) is 4.79 Å². The molecular weight excluding hydrogens is 414 g/mol. The lowest BCUT2D eigenvalue weighted by Crippen LogP contribution is -2.12. The van der Waals surface area contributed by atoms with E-state index in [0.717, 1.165) is 33.1 Å². The molecule has 1 N–H and O–H groups in total. The predicted molar refractivity (Wildman–Crippen MR) is 130 cm³/mol. The van der Waals surface area contributed by atoms with Crippen molar-refractivity contribution < 1.29 is 14.3 Å². The van der Waals surface area contributed by atoms with E-state index in [2.05, 4.69) is 44.5 Å². The largest absolute Gasteiger partial charge is 0.482 e. The number of anilines is 2. The van der Waals surface area contributed by atoms with Crippen molar-refractivity contribution in [2.45, 2.75) is 0 Å². The molecular formula is C27H21N3O3. The third kappa shape index (κ3) is 4.32. The summed E-state index contributed by atoms with van der Waals surface area (Å²) in [6.45, 7) is -0.131. The molecule has 0 radical (unpaired) electrons. The molecule has 33 heavy (non-hydrogen) atoms. The molecule has 0 amide bonds. The number of ether oxygens (including phenoxy) is 2. The van der Waals surface area contributed by atoms with Gasteiger partial charge in [0.2, 0.25) is 0 Å². The van der Waals surface area contributed by atoms with E-state index in [4.69, 9.17) is 4.74 Å². The minimum atomic E-state index is -0.426. The zero-order valence-corrected chi connectivity index (χ0v) is 18.0.